The van der Waals surface area contributed by atoms with Crippen molar-refractivity contribution in [2.24, 2.45) is 17.3 Å². The van der Waals surface area contributed by atoms with Gasteiger partial charge in [0.25, 0.3) is 0 Å². The van der Waals surface area contributed by atoms with E-state index in [1.165, 1.54) is 0 Å². The highest BCUT2D eigenvalue weighted by molar-refractivity contribution is 5.97. The molecule has 0 aromatic carbocycles. The number of aromatic nitrogens is 1. The topological polar surface area (TPSA) is 130 Å². The van der Waals surface area contributed by atoms with E-state index in [1.54, 1.807) is 44.1 Å². The van der Waals surface area contributed by atoms with Crippen LogP contribution in [0.2, 0.25) is 0 Å². The molecule has 1 rings (SSSR count). The lowest BCUT2D eigenvalue weighted by atomic mass is 9.84. The second kappa shape index (κ2) is 14.5. The van der Waals surface area contributed by atoms with Gasteiger partial charge in [0.1, 0.15) is 11.9 Å². The summed E-state index contributed by atoms with van der Waals surface area (Å²) in [4.78, 5) is 41.1. The van der Waals surface area contributed by atoms with Crippen molar-refractivity contribution in [2.75, 3.05) is 19.5 Å². The van der Waals surface area contributed by atoms with Crippen LogP contribution in [0.15, 0.2) is 24.4 Å². The normalized spacial score (nSPS) is 12.8. The van der Waals surface area contributed by atoms with Gasteiger partial charge in [0.2, 0.25) is 17.7 Å². The predicted octanol–water partition coefficient (Wildman–Crippen LogP) is 2.76. The van der Waals surface area contributed by atoms with Crippen LogP contribution in [0.4, 0.5) is 5.82 Å². The van der Waals surface area contributed by atoms with Crippen LogP contribution in [0, 0.1) is 17.3 Å². The van der Waals surface area contributed by atoms with Crippen molar-refractivity contribution in [3.05, 3.63) is 24.4 Å². The van der Waals surface area contributed by atoms with Gasteiger partial charge in [0.05, 0.1) is 0 Å². The van der Waals surface area contributed by atoms with Crippen LogP contribution in [0.5, 0.6) is 0 Å². The van der Waals surface area contributed by atoms with Crippen molar-refractivity contribution in [3.8, 4) is 0 Å². The standard InChI is InChI=1S/C20H32N4O4.C2H6O/c1-13(2)12-14(9-10-16(25)24-28)18(26)23-17(20(3,4)5)19(27)22-15-8-6-7-11-21-15;1-3-2/h6-8,11,13-14,17,28H,9-10,12H2,1-5H3,(H,23,26)(H,24,25)(H,21,22,27);1-2H3/t14-,17+;/m0./s1. The molecule has 0 bridgehead atoms. The fraction of sp³-hybridized carbons (Fsp3) is 0.636. The molecule has 0 unspecified atom stereocenters. The van der Waals surface area contributed by atoms with Gasteiger partial charge in [-0.15, -0.1) is 0 Å². The molecular formula is C22H38N4O5. The van der Waals surface area contributed by atoms with Gasteiger partial charge in [-0.1, -0.05) is 40.7 Å². The molecule has 0 saturated heterocycles. The lowest BCUT2D eigenvalue weighted by molar-refractivity contribution is -0.133. The van der Waals surface area contributed by atoms with Gasteiger partial charge in [-0.3, -0.25) is 19.6 Å². The maximum absolute atomic E-state index is 12.9. The Bertz CT molecular complexity index is 674. The van der Waals surface area contributed by atoms with Crippen LogP contribution in [0.1, 0.15) is 53.9 Å². The molecule has 4 N–H and O–H groups in total. The molecule has 0 aliphatic heterocycles. The molecule has 31 heavy (non-hydrogen) atoms. The van der Waals surface area contributed by atoms with Gasteiger partial charge in [0, 0.05) is 32.8 Å². The number of hydroxylamine groups is 1. The molecule has 1 heterocycles. The van der Waals surface area contributed by atoms with Crippen LogP contribution >= 0.6 is 0 Å². The number of methoxy groups -OCH3 is 1. The summed E-state index contributed by atoms with van der Waals surface area (Å²) in [5, 5.41) is 14.3. The maximum atomic E-state index is 12.9. The second-order valence-electron chi connectivity index (χ2n) is 8.82. The second-order valence-corrected chi connectivity index (χ2v) is 8.82. The summed E-state index contributed by atoms with van der Waals surface area (Å²) in [6.07, 6.45) is 2.46. The summed E-state index contributed by atoms with van der Waals surface area (Å²) >= 11 is 0. The average molecular weight is 439 g/mol. The first kappa shape index (κ1) is 28.5. The number of hydrogen-bond acceptors (Lipinski definition) is 6. The zero-order valence-electron chi connectivity index (χ0n) is 19.7. The molecule has 0 fully saturated rings. The summed E-state index contributed by atoms with van der Waals surface area (Å²) in [5.74, 6) is -0.962. The summed E-state index contributed by atoms with van der Waals surface area (Å²) in [6, 6.07) is 4.41. The largest absolute Gasteiger partial charge is 0.388 e. The third-order valence-electron chi connectivity index (χ3n) is 4.30. The first-order valence-electron chi connectivity index (χ1n) is 10.3. The van der Waals surface area contributed by atoms with Crippen molar-refractivity contribution in [1.82, 2.24) is 15.8 Å². The average Bonchev–Trinajstić information content (AvgIpc) is 2.68. The van der Waals surface area contributed by atoms with Crippen LogP contribution in [0.25, 0.3) is 0 Å². The molecule has 2 atom stereocenters. The number of pyridine rings is 1. The Morgan fingerprint density at radius 3 is 2.19 bits per heavy atom. The summed E-state index contributed by atoms with van der Waals surface area (Å²) in [6.45, 7) is 9.58. The van der Waals surface area contributed by atoms with E-state index in [9.17, 15) is 14.4 Å². The van der Waals surface area contributed by atoms with Gasteiger partial charge in [-0.05, 0) is 36.3 Å². The van der Waals surface area contributed by atoms with E-state index < -0.39 is 23.3 Å². The molecule has 0 saturated carbocycles. The van der Waals surface area contributed by atoms with Gasteiger partial charge < -0.3 is 15.4 Å². The van der Waals surface area contributed by atoms with Gasteiger partial charge in [-0.25, -0.2) is 10.5 Å². The fourth-order valence-electron chi connectivity index (χ4n) is 2.86. The van der Waals surface area contributed by atoms with Gasteiger partial charge in [-0.2, -0.15) is 0 Å². The molecule has 0 radical (unpaired) electrons. The van der Waals surface area contributed by atoms with E-state index >= 15 is 0 Å². The number of ether oxygens (including phenoxy) is 1. The molecule has 1 aromatic rings. The van der Waals surface area contributed by atoms with Crippen LogP contribution < -0.4 is 16.1 Å². The number of nitrogens with zero attached hydrogens (tertiary/aromatic N) is 1. The van der Waals surface area contributed by atoms with Crippen molar-refractivity contribution >= 4 is 23.5 Å². The first-order chi connectivity index (χ1) is 14.5. The Labute approximate surface area is 185 Å². The molecule has 9 nitrogen and oxygen atoms in total. The molecule has 1 aromatic heterocycles. The Kier molecular flexibility index (Phi) is 13.3. The van der Waals surface area contributed by atoms with E-state index in [2.05, 4.69) is 20.4 Å². The van der Waals surface area contributed by atoms with Crippen LogP contribution in [-0.2, 0) is 19.1 Å². The third-order valence-corrected chi connectivity index (χ3v) is 4.30. The summed E-state index contributed by atoms with van der Waals surface area (Å²) in [5.41, 5.74) is 1.05. The highest BCUT2D eigenvalue weighted by Crippen LogP contribution is 2.23. The van der Waals surface area contributed by atoms with Crippen molar-refractivity contribution in [1.29, 1.82) is 0 Å². The SMILES string of the molecule is CC(C)C[C@H](CCC(=O)NO)C(=O)N[C@H](C(=O)Nc1ccccn1)C(C)(C)C.COC. The molecule has 176 valence electrons. The van der Waals surface area contributed by atoms with Gasteiger partial charge in [0.15, 0.2) is 0 Å². The number of carbonyl (C=O) groups is 3. The van der Waals surface area contributed by atoms with Crippen LogP contribution in [-0.4, -0.2) is 48.2 Å². The lowest BCUT2D eigenvalue weighted by Gasteiger charge is -2.32. The third kappa shape index (κ3) is 12.0. The van der Waals surface area contributed by atoms with Crippen molar-refractivity contribution in [2.45, 2.75) is 59.9 Å². The molecule has 0 aliphatic carbocycles. The van der Waals surface area contributed by atoms with Crippen molar-refractivity contribution < 1.29 is 24.3 Å². The maximum Gasteiger partial charge on any atom is 0.248 e. The van der Waals surface area contributed by atoms with Gasteiger partial charge >= 0.3 is 0 Å². The minimum Gasteiger partial charge on any atom is -0.388 e. The highest BCUT2D eigenvalue weighted by atomic mass is 16.5. The highest BCUT2D eigenvalue weighted by Gasteiger charge is 2.35. The smallest absolute Gasteiger partial charge is 0.248 e. The van der Waals surface area contributed by atoms with E-state index in [0.717, 1.165) is 0 Å². The minimum absolute atomic E-state index is 0.0294. The zero-order valence-corrected chi connectivity index (χ0v) is 19.7. The fourth-order valence-corrected chi connectivity index (χ4v) is 2.86. The number of anilines is 1. The molecule has 0 aliphatic rings. The molecule has 0 spiro atoms. The molecule has 3 amide bonds. The predicted molar refractivity (Wildman–Crippen MR) is 119 cm³/mol. The van der Waals surface area contributed by atoms with E-state index in [-0.39, 0.29) is 30.6 Å². The Morgan fingerprint density at radius 1 is 1.13 bits per heavy atom. The van der Waals surface area contributed by atoms with Crippen molar-refractivity contribution in [3.63, 3.8) is 0 Å². The van der Waals surface area contributed by atoms with E-state index in [0.29, 0.717) is 12.2 Å². The summed E-state index contributed by atoms with van der Waals surface area (Å²) < 4.78 is 4.25. The monoisotopic (exact) mass is 438 g/mol. The summed E-state index contributed by atoms with van der Waals surface area (Å²) in [7, 11) is 3.25. The van der Waals surface area contributed by atoms with Crippen LogP contribution in [0.3, 0.4) is 0 Å². The van der Waals surface area contributed by atoms with E-state index in [4.69, 9.17) is 5.21 Å². The number of rotatable bonds is 9. The zero-order chi connectivity index (χ0) is 24.0. The Balaban J connectivity index is 0.00000282. The Hall–Kier alpha value is -2.52. The quantitative estimate of drug-likeness (QED) is 0.346. The van der Waals surface area contributed by atoms with E-state index in [1.807, 2.05) is 34.6 Å². The molecular weight excluding hydrogens is 400 g/mol. The minimum atomic E-state index is -0.775. The number of hydrogen-bond donors (Lipinski definition) is 4. The molecule has 9 heteroatoms. The number of nitrogens with one attached hydrogen (secondary N) is 3. The first-order valence-corrected chi connectivity index (χ1v) is 10.3. The Morgan fingerprint density at radius 2 is 1.74 bits per heavy atom. The number of amides is 3. The number of carbonyl (C=O) groups excluding carboxylic acids is 3. The lowest BCUT2D eigenvalue weighted by Crippen LogP contribution is -2.53.